The maximum atomic E-state index is 10.6. The van der Waals surface area contributed by atoms with E-state index in [0.717, 1.165) is 0 Å². The lowest BCUT2D eigenvalue weighted by Crippen LogP contribution is -1.99. The Labute approximate surface area is 79.7 Å². The zero-order chi connectivity index (χ0) is 9.30. The summed E-state index contributed by atoms with van der Waals surface area (Å²) in [6.45, 7) is 1.67. The van der Waals surface area contributed by atoms with Gasteiger partial charge in [0.05, 0.1) is 15.6 Å². The van der Waals surface area contributed by atoms with Gasteiger partial charge in [0.15, 0.2) is 0 Å². The molecule has 4 heteroatoms. The third-order valence-electron chi connectivity index (χ3n) is 1.50. The number of aryl methyl sites for hydroxylation is 1. The molecule has 0 atom stereocenters. The van der Waals surface area contributed by atoms with Gasteiger partial charge in [0.25, 0.3) is 0 Å². The van der Waals surface area contributed by atoms with Crippen LogP contribution < -0.4 is 0 Å². The number of aromatic carboxylic acids is 1. The second-order valence-corrected chi connectivity index (χ2v) is 3.20. The Morgan fingerprint density at radius 1 is 1.33 bits per heavy atom. The molecule has 0 heterocycles. The van der Waals surface area contributed by atoms with Crippen LogP contribution in [-0.2, 0) is 0 Å². The van der Waals surface area contributed by atoms with Crippen LogP contribution in [-0.4, -0.2) is 11.1 Å². The minimum Gasteiger partial charge on any atom is -0.478 e. The van der Waals surface area contributed by atoms with Crippen molar-refractivity contribution in [1.82, 2.24) is 0 Å². The van der Waals surface area contributed by atoms with Crippen molar-refractivity contribution in [3.8, 4) is 0 Å². The highest BCUT2D eigenvalue weighted by Gasteiger charge is 2.09. The van der Waals surface area contributed by atoms with Gasteiger partial charge in [0.1, 0.15) is 0 Å². The first-order valence-electron chi connectivity index (χ1n) is 3.21. The van der Waals surface area contributed by atoms with Crippen molar-refractivity contribution in [2.45, 2.75) is 6.92 Å². The number of halogens is 2. The summed E-state index contributed by atoms with van der Waals surface area (Å²) in [6, 6.07) is 2.88. The van der Waals surface area contributed by atoms with Crippen molar-refractivity contribution in [3.05, 3.63) is 33.3 Å². The molecule has 0 spiro atoms. The molecule has 0 amide bonds. The van der Waals surface area contributed by atoms with Crippen LogP contribution in [0.5, 0.6) is 0 Å². The average Bonchev–Trinajstić information content (AvgIpc) is 1.96. The van der Waals surface area contributed by atoms with Crippen LogP contribution in [0, 0.1) is 6.92 Å². The van der Waals surface area contributed by atoms with Crippen molar-refractivity contribution in [2.75, 3.05) is 0 Å². The molecule has 0 bridgehead atoms. The zero-order valence-corrected chi connectivity index (χ0v) is 7.78. The molecule has 64 valence electrons. The first kappa shape index (κ1) is 9.36. The lowest BCUT2D eigenvalue weighted by atomic mass is 10.1. The van der Waals surface area contributed by atoms with Gasteiger partial charge in [0.2, 0.25) is 0 Å². The normalized spacial score (nSPS) is 9.92. The first-order chi connectivity index (χ1) is 5.52. The number of hydrogen-bond acceptors (Lipinski definition) is 1. The maximum absolute atomic E-state index is 10.6. The van der Waals surface area contributed by atoms with Gasteiger partial charge in [-0.15, -0.1) is 0 Å². The maximum Gasteiger partial charge on any atom is 0.336 e. The Kier molecular flexibility index (Phi) is 2.60. The number of carbonyl (C=O) groups is 1. The van der Waals surface area contributed by atoms with E-state index in [0.29, 0.717) is 10.6 Å². The molecule has 0 aliphatic carbocycles. The summed E-state index contributed by atoms with van der Waals surface area (Å²) in [5, 5.41) is 9.32. The summed E-state index contributed by atoms with van der Waals surface area (Å²) in [5.74, 6) is -0.994. The Morgan fingerprint density at radius 3 is 2.33 bits per heavy atom. The predicted octanol–water partition coefficient (Wildman–Crippen LogP) is 3.00. The van der Waals surface area contributed by atoms with Gasteiger partial charge in [-0.2, -0.15) is 0 Å². The molecular formula is C8H6Cl2O2. The fourth-order valence-corrected chi connectivity index (χ4v) is 1.26. The van der Waals surface area contributed by atoms with E-state index in [4.69, 9.17) is 28.3 Å². The molecule has 12 heavy (non-hydrogen) atoms. The van der Waals surface area contributed by atoms with Crippen LogP contribution >= 0.6 is 23.2 Å². The van der Waals surface area contributed by atoms with Gasteiger partial charge in [0, 0.05) is 0 Å². The molecule has 0 radical (unpaired) electrons. The van der Waals surface area contributed by atoms with Crippen molar-refractivity contribution in [2.24, 2.45) is 0 Å². The van der Waals surface area contributed by atoms with Gasteiger partial charge >= 0.3 is 5.97 Å². The number of rotatable bonds is 1. The molecule has 1 aromatic carbocycles. The molecular weight excluding hydrogens is 199 g/mol. The van der Waals surface area contributed by atoms with Crippen LogP contribution in [0.1, 0.15) is 15.9 Å². The van der Waals surface area contributed by atoms with Crippen LogP contribution in [0.2, 0.25) is 10.0 Å². The second kappa shape index (κ2) is 3.33. The fraction of sp³-hybridized carbons (Fsp3) is 0.125. The topological polar surface area (TPSA) is 37.3 Å². The van der Waals surface area contributed by atoms with E-state index >= 15 is 0 Å². The summed E-state index contributed by atoms with van der Waals surface area (Å²) >= 11 is 11.3. The summed E-state index contributed by atoms with van der Waals surface area (Å²) < 4.78 is 0. The van der Waals surface area contributed by atoms with E-state index in [2.05, 4.69) is 0 Å². The van der Waals surface area contributed by atoms with E-state index in [1.165, 1.54) is 12.1 Å². The SMILES string of the molecule is Cc1cc(Cl)c(Cl)cc1C(=O)O. The van der Waals surface area contributed by atoms with Crippen LogP contribution in [0.25, 0.3) is 0 Å². The number of carboxylic acids is 1. The Balaban J connectivity index is 3.33. The van der Waals surface area contributed by atoms with Crippen molar-refractivity contribution in [3.63, 3.8) is 0 Å². The zero-order valence-electron chi connectivity index (χ0n) is 6.27. The van der Waals surface area contributed by atoms with E-state index < -0.39 is 5.97 Å². The van der Waals surface area contributed by atoms with E-state index in [1.807, 2.05) is 0 Å². The summed E-state index contributed by atoms with van der Waals surface area (Å²) in [5.41, 5.74) is 0.793. The van der Waals surface area contributed by atoms with Crippen LogP contribution in [0.3, 0.4) is 0 Å². The highest BCUT2D eigenvalue weighted by molar-refractivity contribution is 6.42. The predicted molar refractivity (Wildman–Crippen MR) is 48.2 cm³/mol. The Hall–Kier alpha value is -0.730. The summed E-state index contributed by atoms with van der Waals surface area (Å²) in [7, 11) is 0. The average molecular weight is 205 g/mol. The molecule has 0 fully saturated rings. The third-order valence-corrected chi connectivity index (χ3v) is 2.22. The number of hydrogen-bond donors (Lipinski definition) is 1. The Bertz CT molecular complexity index is 334. The molecule has 1 rings (SSSR count). The molecule has 0 aromatic heterocycles. The van der Waals surface area contributed by atoms with Crippen molar-refractivity contribution < 1.29 is 9.90 Å². The second-order valence-electron chi connectivity index (χ2n) is 2.39. The van der Waals surface area contributed by atoms with Crippen molar-refractivity contribution >= 4 is 29.2 Å². The number of carboxylic acid groups (broad SMARTS) is 1. The third kappa shape index (κ3) is 1.71. The molecule has 0 saturated carbocycles. The van der Waals surface area contributed by atoms with Crippen LogP contribution in [0.15, 0.2) is 12.1 Å². The standard InChI is InChI=1S/C8H6Cl2O2/c1-4-2-6(9)7(10)3-5(4)8(11)12/h2-3H,1H3,(H,11,12). The molecule has 0 unspecified atom stereocenters. The molecule has 1 N–H and O–H groups in total. The van der Waals surface area contributed by atoms with Gasteiger partial charge in [-0.25, -0.2) is 4.79 Å². The minimum absolute atomic E-state index is 0.185. The largest absolute Gasteiger partial charge is 0.478 e. The molecule has 2 nitrogen and oxygen atoms in total. The lowest BCUT2D eigenvalue weighted by Gasteiger charge is -2.02. The van der Waals surface area contributed by atoms with Gasteiger partial charge in [-0.05, 0) is 24.6 Å². The minimum atomic E-state index is -0.994. The molecule has 0 aliphatic heterocycles. The molecule has 1 aromatic rings. The highest BCUT2D eigenvalue weighted by Crippen LogP contribution is 2.25. The monoisotopic (exact) mass is 204 g/mol. The van der Waals surface area contributed by atoms with E-state index in [1.54, 1.807) is 6.92 Å². The highest BCUT2D eigenvalue weighted by atomic mass is 35.5. The molecule has 0 saturated heterocycles. The van der Waals surface area contributed by atoms with Gasteiger partial charge in [-0.1, -0.05) is 23.2 Å². The summed E-state index contributed by atoms with van der Waals surface area (Å²) in [6.07, 6.45) is 0. The summed E-state index contributed by atoms with van der Waals surface area (Å²) in [4.78, 5) is 10.6. The van der Waals surface area contributed by atoms with E-state index in [-0.39, 0.29) is 10.6 Å². The molecule has 0 aliphatic rings. The van der Waals surface area contributed by atoms with Gasteiger partial charge < -0.3 is 5.11 Å². The van der Waals surface area contributed by atoms with E-state index in [9.17, 15) is 4.79 Å². The first-order valence-corrected chi connectivity index (χ1v) is 3.97. The van der Waals surface area contributed by atoms with Crippen molar-refractivity contribution in [1.29, 1.82) is 0 Å². The Morgan fingerprint density at radius 2 is 1.83 bits per heavy atom. The fourth-order valence-electron chi connectivity index (χ4n) is 0.877. The quantitative estimate of drug-likeness (QED) is 0.764. The smallest absolute Gasteiger partial charge is 0.336 e. The van der Waals surface area contributed by atoms with Gasteiger partial charge in [-0.3, -0.25) is 0 Å². The van der Waals surface area contributed by atoms with Crippen LogP contribution in [0.4, 0.5) is 0 Å². The lowest BCUT2D eigenvalue weighted by molar-refractivity contribution is 0.0696. The number of benzene rings is 1.